The molecule has 21 heavy (non-hydrogen) atoms. The summed E-state index contributed by atoms with van der Waals surface area (Å²) in [6, 6.07) is 13.4. The predicted octanol–water partition coefficient (Wildman–Crippen LogP) is 3.34. The molecular weight excluding hydrogens is 401 g/mol. The molecule has 0 spiro atoms. The Kier molecular flexibility index (Phi) is 5.00. The fourth-order valence-corrected chi connectivity index (χ4v) is 2.96. The Morgan fingerprint density at radius 1 is 1.05 bits per heavy atom. The second-order valence-corrected chi connectivity index (χ2v) is 7.91. The molecular formula is C15H14INO3S. The predicted molar refractivity (Wildman–Crippen MR) is 91.3 cm³/mol. The van der Waals surface area contributed by atoms with Crippen LogP contribution in [0.3, 0.4) is 0 Å². The molecule has 6 heteroatoms. The van der Waals surface area contributed by atoms with Gasteiger partial charge in [0.05, 0.1) is 10.6 Å². The number of halogens is 1. The molecule has 0 unspecified atom stereocenters. The quantitative estimate of drug-likeness (QED) is 0.780. The molecule has 110 valence electrons. The first-order valence-corrected chi connectivity index (χ1v) is 9.05. The van der Waals surface area contributed by atoms with Gasteiger partial charge in [0.15, 0.2) is 9.84 Å². The molecule has 1 N–H and O–H groups in total. The molecule has 1 amide bonds. The van der Waals surface area contributed by atoms with Gasteiger partial charge in [-0.25, -0.2) is 8.42 Å². The molecule has 2 aromatic rings. The Bertz CT molecular complexity index is 737. The van der Waals surface area contributed by atoms with Crippen LogP contribution in [-0.2, 0) is 9.84 Å². The number of sulfone groups is 1. The first-order chi connectivity index (χ1) is 9.92. The molecule has 0 radical (unpaired) electrons. The first-order valence-electron chi connectivity index (χ1n) is 6.32. The van der Waals surface area contributed by atoms with Crippen molar-refractivity contribution in [2.75, 3.05) is 11.1 Å². The number of amides is 1. The lowest BCUT2D eigenvalue weighted by atomic mass is 10.2. The van der Waals surface area contributed by atoms with E-state index in [2.05, 4.69) is 27.9 Å². The van der Waals surface area contributed by atoms with E-state index in [4.69, 9.17) is 0 Å². The van der Waals surface area contributed by atoms with Crippen LogP contribution in [0.5, 0.6) is 0 Å². The van der Waals surface area contributed by atoms with Crippen LogP contribution in [0.4, 0.5) is 5.69 Å². The molecule has 0 aromatic heterocycles. The number of benzene rings is 2. The summed E-state index contributed by atoms with van der Waals surface area (Å²) in [4.78, 5) is 12.3. The summed E-state index contributed by atoms with van der Waals surface area (Å²) < 4.78 is 24.5. The maximum atomic E-state index is 12.0. The van der Waals surface area contributed by atoms with Gasteiger partial charge in [-0.15, -0.1) is 0 Å². The van der Waals surface area contributed by atoms with Gasteiger partial charge in [0.1, 0.15) is 0 Å². The van der Waals surface area contributed by atoms with Gasteiger partial charge in [0.2, 0.25) is 0 Å². The van der Waals surface area contributed by atoms with E-state index in [9.17, 15) is 13.2 Å². The summed E-state index contributed by atoms with van der Waals surface area (Å²) in [6.45, 7) is 1.60. The first kappa shape index (κ1) is 16.0. The number of nitrogens with one attached hydrogen (secondary N) is 1. The Hall–Kier alpha value is -1.41. The van der Waals surface area contributed by atoms with Crippen molar-refractivity contribution in [1.29, 1.82) is 0 Å². The summed E-state index contributed by atoms with van der Waals surface area (Å²) >= 11 is 2.17. The summed E-state index contributed by atoms with van der Waals surface area (Å²) in [5, 5.41) is 2.74. The standard InChI is InChI=1S/C15H14INO3S/c1-2-21(19,20)14-9-7-13(8-10-14)17-15(18)11-3-5-12(16)6-4-11/h3-10H,2H2,1H3,(H,17,18). The lowest BCUT2D eigenvalue weighted by molar-refractivity contribution is 0.102. The van der Waals surface area contributed by atoms with Crippen molar-refractivity contribution in [2.24, 2.45) is 0 Å². The molecule has 0 bridgehead atoms. The van der Waals surface area contributed by atoms with Crippen molar-refractivity contribution >= 4 is 44.0 Å². The van der Waals surface area contributed by atoms with E-state index in [0.717, 1.165) is 3.57 Å². The lowest BCUT2D eigenvalue weighted by Gasteiger charge is -2.07. The number of hydrogen-bond acceptors (Lipinski definition) is 3. The number of carbonyl (C=O) groups is 1. The van der Waals surface area contributed by atoms with Gasteiger partial charge in [0.25, 0.3) is 5.91 Å². The van der Waals surface area contributed by atoms with Gasteiger partial charge in [-0.2, -0.15) is 0 Å². The van der Waals surface area contributed by atoms with Gasteiger partial charge < -0.3 is 5.32 Å². The minimum absolute atomic E-state index is 0.0569. The summed E-state index contributed by atoms with van der Waals surface area (Å²) in [6.07, 6.45) is 0. The number of carbonyl (C=O) groups excluding carboxylic acids is 1. The summed E-state index contributed by atoms with van der Waals surface area (Å²) in [5.74, 6) is -0.168. The Morgan fingerprint density at radius 2 is 1.62 bits per heavy atom. The Morgan fingerprint density at radius 3 is 2.14 bits per heavy atom. The van der Waals surface area contributed by atoms with E-state index in [1.807, 2.05) is 12.1 Å². The number of hydrogen-bond donors (Lipinski definition) is 1. The molecule has 0 aliphatic carbocycles. The fraction of sp³-hybridized carbons (Fsp3) is 0.133. The van der Waals surface area contributed by atoms with Crippen molar-refractivity contribution in [1.82, 2.24) is 0 Å². The average molecular weight is 415 g/mol. The molecule has 4 nitrogen and oxygen atoms in total. The molecule has 2 aromatic carbocycles. The second kappa shape index (κ2) is 6.57. The van der Waals surface area contributed by atoms with Crippen molar-refractivity contribution in [3.8, 4) is 0 Å². The minimum atomic E-state index is -3.21. The average Bonchev–Trinajstić information content (AvgIpc) is 2.48. The molecule has 0 saturated heterocycles. The Labute approximate surface area is 137 Å². The normalized spacial score (nSPS) is 11.1. The second-order valence-electron chi connectivity index (χ2n) is 4.39. The van der Waals surface area contributed by atoms with Crippen molar-refractivity contribution in [2.45, 2.75) is 11.8 Å². The topological polar surface area (TPSA) is 63.2 Å². The van der Waals surface area contributed by atoms with E-state index >= 15 is 0 Å². The van der Waals surface area contributed by atoms with E-state index in [1.165, 1.54) is 12.1 Å². The summed E-state index contributed by atoms with van der Waals surface area (Å²) in [7, 11) is -3.21. The molecule has 2 rings (SSSR count). The number of rotatable bonds is 4. The van der Waals surface area contributed by atoms with Crippen LogP contribution in [0.15, 0.2) is 53.4 Å². The third-order valence-corrected chi connectivity index (χ3v) is 5.43. The van der Waals surface area contributed by atoms with Crippen LogP contribution in [0.2, 0.25) is 0 Å². The smallest absolute Gasteiger partial charge is 0.255 e. The number of anilines is 1. The lowest BCUT2D eigenvalue weighted by Crippen LogP contribution is -2.12. The van der Waals surface area contributed by atoms with Crippen molar-refractivity contribution < 1.29 is 13.2 Å². The molecule has 0 atom stereocenters. The Balaban J connectivity index is 2.13. The highest BCUT2D eigenvalue weighted by atomic mass is 127. The van der Waals surface area contributed by atoms with Gasteiger partial charge in [0, 0.05) is 14.8 Å². The maximum absolute atomic E-state index is 12.0. The van der Waals surface area contributed by atoms with Crippen molar-refractivity contribution in [3.05, 3.63) is 57.7 Å². The largest absolute Gasteiger partial charge is 0.322 e. The minimum Gasteiger partial charge on any atom is -0.322 e. The molecule has 0 aliphatic heterocycles. The van der Waals surface area contributed by atoms with E-state index in [-0.39, 0.29) is 16.6 Å². The van der Waals surface area contributed by atoms with E-state index < -0.39 is 9.84 Å². The highest BCUT2D eigenvalue weighted by Gasteiger charge is 2.11. The van der Waals surface area contributed by atoms with Gasteiger partial charge in [-0.05, 0) is 71.1 Å². The van der Waals surface area contributed by atoms with Gasteiger partial charge in [-0.1, -0.05) is 6.92 Å². The van der Waals surface area contributed by atoms with Crippen LogP contribution in [-0.4, -0.2) is 20.1 Å². The zero-order valence-corrected chi connectivity index (χ0v) is 14.3. The van der Waals surface area contributed by atoms with Crippen molar-refractivity contribution in [3.63, 3.8) is 0 Å². The molecule has 0 saturated carbocycles. The zero-order valence-electron chi connectivity index (χ0n) is 11.3. The fourth-order valence-electron chi connectivity index (χ4n) is 1.72. The van der Waals surface area contributed by atoms with E-state index in [1.54, 1.807) is 31.2 Å². The van der Waals surface area contributed by atoms with Gasteiger partial charge in [-0.3, -0.25) is 4.79 Å². The van der Waals surface area contributed by atoms with Crippen LogP contribution in [0.1, 0.15) is 17.3 Å². The highest BCUT2D eigenvalue weighted by molar-refractivity contribution is 14.1. The van der Waals surface area contributed by atoms with Crippen LogP contribution in [0, 0.1) is 3.57 Å². The third kappa shape index (κ3) is 4.04. The molecule has 0 fully saturated rings. The van der Waals surface area contributed by atoms with E-state index in [0.29, 0.717) is 11.3 Å². The zero-order chi connectivity index (χ0) is 15.5. The highest BCUT2D eigenvalue weighted by Crippen LogP contribution is 2.16. The maximum Gasteiger partial charge on any atom is 0.255 e. The third-order valence-electron chi connectivity index (χ3n) is 2.96. The SMILES string of the molecule is CCS(=O)(=O)c1ccc(NC(=O)c2ccc(I)cc2)cc1. The van der Waals surface area contributed by atoms with Gasteiger partial charge >= 0.3 is 0 Å². The molecule has 0 aliphatic rings. The van der Waals surface area contributed by atoms with Crippen LogP contribution >= 0.6 is 22.6 Å². The van der Waals surface area contributed by atoms with Crippen LogP contribution in [0.25, 0.3) is 0 Å². The van der Waals surface area contributed by atoms with Crippen LogP contribution < -0.4 is 5.32 Å². The monoisotopic (exact) mass is 415 g/mol. The molecule has 0 heterocycles. The summed E-state index contributed by atoms with van der Waals surface area (Å²) in [5.41, 5.74) is 1.12.